The van der Waals surface area contributed by atoms with Gasteiger partial charge in [0.05, 0.1) is 27.0 Å². The molecule has 1 aromatic carbocycles. The van der Waals surface area contributed by atoms with Crippen molar-refractivity contribution in [2.75, 3.05) is 25.4 Å². The molecule has 12 nitrogen and oxygen atoms in total. The molecule has 0 radical (unpaired) electrons. The Morgan fingerprint density at radius 2 is 1.93 bits per heavy atom. The minimum absolute atomic E-state index is 0.00751. The van der Waals surface area contributed by atoms with Crippen LogP contribution in [0, 0.1) is 0 Å². The van der Waals surface area contributed by atoms with Gasteiger partial charge >= 0.3 is 0 Å². The third-order valence-electron chi connectivity index (χ3n) is 7.18. The number of aromatic nitrogens is 3. The van der Waals surface area contributed by atoms with Crippen LogP contribution < -0.4 is 15.8 Å². The molecule has 2 amide bonds. The van der Waals surface area contributed by atoms with Crippen LogP contribution in [-0.2, 0) is 16.6 Å². The molecule has 42 heavy (non-hydrogen) atoms. The first kappa shape index (κ1) is 30.2. The summed E-state index contributed by atoms with van der Waals surface area (Å²) in [6, 6.07) is 10.8. The van der Waals surface area contributed by atoms with Crippen molar-refractivity contribution in [3.8, 4) is 10.6 Å². The summed E-state index contributed by atoms with van der Waals surface area (Å²) in [4.78, 5) is 29.5. The smallest absolute Gasteiger partial charge is 0.272 e. The van der Waals surface area contributed by atoms with Crippen LogP contribution in [0.3, 0.4) is 0 Å². The number of piperidine rings is 1. The summed E-state index contributed by atoms with van der Waals surface area (Å²) in [7, 11) is -3.72. The molecule has 5 rings (SSSR count). The van der Waals surface area contributed by atoms with Crippen molar-refractivity contribution < 1.29 is 22.5 Å². The van der Waals surface area contributed by atoms with Gasteiger partial charge in [0.2, 0.25) is 10.0 Å². The number of carbonyl (C=O) groups excluding carboxylic acids is 2. The van der Waals surface area contributed by atoms with E-state index in [0.29, 0.717) is 32.7 Å². The maximum absolute atomic E-state index is 13.5. The van der Waals surface area contributed by atoms with Gasteiger partial charge in [-0.3, -0.25) is 14.3 Å². The van der Waals surface area contributed by atoms with Gasteiger partial charge in [0.1, 0.15) is 5.69 Å². The van der Waals surface area contributed by atoms with Crippen LogP contribution in [0.4, 0.5) is 0 Å². The molecule has 0 unspecified atom stereocenters. The van der Waals surface area contributed by atoms with Crippen molar-refractivity contribution in [1.29, 1.82) is 0 Å². The van der Waals surface area contributed by atoms with Crippen LogP contribution in [0.1, 0.15) is 53.2 Å². The van der Waals surface area contributed by atoms with E-state index in [9.17, 15) is 18.0 Å². The van der Waals surface area contributed by atoms with Gasteiger partial charge in [0, 0.05) is 48.7 Å². The lowest BCUT2D eigenvalue weighted by atomic mass is 10.0. The van der Waals surface area contributed by atoms with Crippen LogP contribution in [0.15, 0.2) is 40.9 Å². The van der Waals surface area contributed by atoms with Gasteiger partial charge in [-0.25, -0.2) is 13.6 Å². The van der Waals surface area contributed by atoms with Crippen LogP contribution in [0.2, 0.25) is 4.34 Å². The Labute approximate surface area is 252 Å². The molecule has 1 aliphatic heterocycles. The van der Waals surface area contributed by atoms with E-state index in [-0.39, 0.29) is 42.0 Å². The molecule has 4 heterocycles. The number of nitrogens with two attached hydrogens (primary N) is 1. The summed E-state index contributed by atoms with van der Waals surface area (Å²) >= 11 is 7.43. The standard InChI is InChI=1S/C27H32ClN7O5S2/c1-16(2)34-10-7-18(8-11-34)31-27(37)25-20-13-17(26(36)30-9-12-42(29,38)39)3-4-21(20)35(32-25)15-19-14-22(40-33-19)23-5-6-24(28)41-23/h3-6,13-14,16,18H,7-12,15H2,1-2H3,(H,30,36)(H,31,37)(H2,29,38,39). The molecule has 3 aromatic heterocycles. The fraction of sp³-hybridized carbons (Fsp3) is 0.407. The second-order valence-corrected chi connectivity index (χ2v) is 14.0. The summed E-state index contributed by atoms with van der Waals surface area (Å²) in [6.45, 7) is 6.19. The van der Waals surface area contributed by atoms with Gasteiger partial charge in [0.25, 0.3) is 11.8 Å². The summed E-state index contributed by atoms with van der Waals surface area (Å²) in [5.41, 5.74) is 1.66. The molecule has 15 heteroatoms. The number of hydrogen-bond acceptors (Lipinski definition) is 9. The second kappa shape index (κ2) is 12.5. The zero-order valence-electron chi connectivity index (χ0n) is 23.2. The maximum atomic E-state index is 13.5. The molecule has 0 atom stereocenters. The van der Waals surface area contributed by atoms with Crippen molar-refractivity contribution in [2.45, 2.75) is 45.3 Å². The number of primary sulfonamides is 1. The van der Waals surface area contributed by atoms with Crippen molar-refractivity contribution >= 4 is 55.7 Å². The zero-order valence-corrected chi connectivity index (χ0v) is 25.6. The average Bonchev–Trinajstić information content (AvgIpc) is 3.67. The number of rotatable bonds is 10. The minimum atomic E-state index is -3.72. The Hall–Kier alpha value is -3.30. The van der Waals surface area contributed by atoms with Gasteiger partial charge in [-0.05, 0) is 57.0 Å². The number of hydrogen-bond donors (Lipinski definition) is 3. The first-order chi connectivity index (χ1) is 20.0. The summed E-state index contributed by atoms with van der Waals surface area (Å²) in [5, 5.41) is 20.0. The van der Waals surface area contributed by atoms with Gasteiger partial charge < -0.3 is 20.1 Å². The Morgan fingerprint density at radius 3 is 2.60 bits per heavy atom. The Kier molecular flexibility index (Phi) is 8.99. The average molecular weight is 634 g/mol. The first-order valence-electron chi connectivity index (χ1n) is 13.5. The lowest BCUT2D eigenvalue weighted by Gasteiger charge is -2.34. The summed E-state index contributed by atoms with van der Waals surface area (Å²) in [6.07, 6.45) is 1.66. The molecule has 4 aromatic rings. The monoisotopic (exact) mass is 633 g/mol. The number of amides is 2. The van der Waals surface area contributed by atoms with Gasteiger partial charge in [0.15, 0.2) is 11.5 Å². The van der Waals surface area contributed by atoms with Gasteiger partial charge in [-0.2, -0.15) is 5.10 Å². The molecule has 0 saturated carbocycles. The molecule has 224 valence electrons. The van der Waals surface area contributed by atoms with Gasteiger partial charge in [-0.1, -0.05) is 16.8 Å². The number of nitrogens with zero attached hydrogens (tertiary/aromatic N) is 4. The Balaban J connectivity index is 1.41. The van der Waals surface area contributed by atoms with Crippen LogP contribution in [0.5, 0.6) is 0 Å². The SMILES string of the molecule is CC(C)N1CCC(NC(=O)c2nn(Cc3cc(-c4ccc(Cl)s4)on3)c3ccc(C(=O)NCCS(N)(=O)=O)cc23)CC1. The predicted octanol–water partition coefficient (Wildman–Crippen LogP) is 3.08. The number of nitrogens with one attached hydrogen (secondary N) is 2. The van der Waals surface area contributed by atoms with E-state index in [1.807, 2.05) is 6.07 Å². The fourth-order valence-corrected chi connectivity index (χ4v) is 6.31. The predicted molar refractivity (Wildman–Crippen MR) is 161 cm³/mol. The fourth-order valence-electron chi connectivity index (χ4n) is 4.93. The van der Waals surface area contributed by atoms with E-state index >= 15 is 0 Å². The highest BCUT2D eigenvalue weighted by atomic mass is 35.5. The molecule has 1 saturated heterocycles. The van der Waals surface area contributed by atoms with Gasteiger partial charge in [-0.15, -0.1) is 11.3 Å². The molecule has 0 aliphatic carbocycles. The quantitative estimate of drug-likeness (QED) is 0.240. The van der Waals surface area contributed by atoms with Crippen LogP contribution in [-0.4, -0.2) is 77.5 Å². The van der Waals surface area contributed by atoms with Crippen LogP contribution >= 0.6 is 22.9 Å². The molecule has 1 aliphatic rings. The molecule has 0 spiro atoms. The maximum Gasteiger partial charge on any atom is 0.272 e. The van der Waals surface area contributed by atoms with Crippen molar-refractivity contribution in [3.05, 3.63) is 57.7 Å². The Morgan fingerprint density at radius 1 is 1.17 bits per heavy atom. The topological polar surface area (TPSA) is 165 Å². The van der Waals surface area contributed by atoms with E-state index in [1.165, 1.54) is 11.3 Å². The Bertz CT molecular complexity index is 1700. The first-order valence-corrected chi connectivity index (χ1v) is 16.4. The van der Waals surface area contributed by atoms with Crippen molar-refractivity contribution in [3.63, 3.8) is 0 Å². The number of carbonyl (C=O) groups is 2. The number of fused-ring (bicyclic) bond motifs is 1. The zero-order chi connectivity index (χ0) is 30.0. The van der Waals surface area contributed by atoms with Crippen molar-refractivity contribution in [2.24, 2.45) is 5.14 Å². The third kappa shape index (κ3) is 7.18. The summed E-state index contributed by atoms with van der Waals surface area (Å²) in [5.74, 6) is -0.638. The normalized spacial score (nSPS) is 15.0. The lowest BCUT2D eigenvalue weighted by Crippen LogP contribution is -2.46. The number of benzene rings is 1. The molecule has 4 N–H and O–H groups in total. The highest BCUT2D eigenvalue weighted by molar-refractivity contribution is 7.89. The molecule has 0 bridgehead atoms. The summed E-state index contributed by atoms with van der Waals surface area (Å²) < 4.78 is 30.3. The van der Waals surface area contributed by atoms with E-state index in [1.54, 1.807) is 35.0 Å². The van der Waals surface area contributed by atoms with E-state index in [2.05, 4.69) is 39.6 Å². The van der Waals surface area contributed by atoms with E-state index in [0.717, 1.165) is 30.8 Å². The third-order valence-corrected chi connectivity index (χ3v) is 9.20. The number of halogens is 1. The van der Waals surface area contributed by atoms with E-state index < -0.39 is 15.9 Å². The number of likely N-dealkylation sites (tertiary alicyclic amines) is 1. The largest absolute Gasteiger partial charge is 0.355 e. The van der Waals surface area contributed by atoms with Crippen LogP contribution in [0.25, 0.3) is 21.5 Å². The highest BCUT2D eigenvalue weighted by Gasteiger charge is 2.26. The number of thiophene rings is 1. The molecular formula is C27H32ClN7O5S2. The number of sulfonamides is 1. The van der Waals surface area contributed by atoms with E-state index in [4.69, 9.17) is 21.3 Å². The lowest BCUT2D eigenvalue weighted by molar-refractivity contribution is 0.0894. The van der Waals surface area contributed by atoms with Crippen molar-refractivity contribution in [1.82, 2.24) is 30.5 Å². The minimum Gasteiger partial charge on any atom is -0.355 e. The second-order valence-electron chi connectivity index (χ2n) is 10.5. The molecule has 1 fully saturated rings. The molecular weight excluding hydrogens is 602 g/mol. The highest BCUT2D eigenvalue weighted by Crippen LogP contribution is 2.31.